The minimum absolute atomic E-state index is 0.185. The maximum atomic E-state index is 5.86. The van der Waals surface area contributed by atoms with Crippen LogP contribution < -0.4 is 10.1 Å². The summed E-state index contributed by atoms with van der Waals surface area (Å²) < 4.78 is 11.4. The molecular formula is C18H23NO2. The summed E-state index contributed by atoms with van der Waals surface area (Å²) in [7, 11) is 1.95. The van der Waals surface area contributed by atoms with Crippen molar-refractivity contribution < 1.29 is 9.47 Å². The zero-order valence-electron chi connectivity index (χ0n) is 12.7. The summed E-state index contributed by atoms with van der Waals surface area (Å²) in [6.45, 7) is 3.98. The van der Waals surface area contributed by atoms with Crippen LogP contribution in [0.1, 0.15) is 24.1 Å². The lowest BCUT2D eigenvalue weighted by molar-refractivity contribution is 0.125. The van der Waals surface area contributed by atoms with E-state index in [-0.39, 0.29) is 6.04 Å². The first-order valence-electron chi connectivity index (χ1n) is 7.35. The Bertz CT molecular complexity index is 528. The summed E-state index contributed by atoms with van der Waals surface area (Å²) in [5, 5.41) is 3.27. The van der Waals surface area contributed by atoms with Gasteiger partial charge in [-0.1, -0.05) is 42.5 Å². The van der Waals surface area contributed by atoms with Gasteiger partial charge in [0.15, 0.2) is 0 Å². The molecule has 0 aromatic heterocycles. The molecule has 0 saturated heterocycles. The van der Waals surface area contributed by atoms with Gasteiger partial charge < -0.3 is 14.8 Å². The average Bonchev–Trinajstić information content (AvgIpc) is 2.55. The molecule has 0 radical (unpaired) electrons. The smallest absolute Gasteiger partial charge is 0.120 e. The third-order valence-electron chi connectivity index (χ3n) is 3.35. The molecule has 0 saturated carbocycles. The molecule has 1 unspecified atom stereocenters. The molecule has 0 bridgehead atoms. The van der Waals surface area contributed by atoms with E-state index in [4.69, 9.17) is 9.47 Å². The molecule has 3 nitrogen and oxygen atoms in total. The lowest BCUT2D eigenvalue weighted by Gasteiger charge is -2.17. The predicted octanol–water partition coefficient (Wildman–Crippen LogP) is 3.56. The SMILES string of the molecule is CCOCC(NC)c1cccc(OCc2ccccc2)c1. The molecule has 0 amide bonds. The van der Waals surface area contributed by atoms with E-state index >= 15 is 0 Å². The normalized spacial score (nSPS) is 12.1. The molecule has 2 aromatic rings. The van der Waals surface area contributed by atoms with Crippen LogP contribution in [-0.4, -0.2) is 20.3 Å². The van der Waals surface area contributed by atoms with Crippen molar-refractivity contribution in [3.05, 3.63) is 65.7 Å². The third-order valence-corrected chi connectivity index (χ3v) is 3.35. The Morgan fingerprint density at radius 2 is 1.86 bits per heavy atom. The number of benzene rings is 2. The first-order valence-corrected chi connectivity index (χ1v) is 7.35. The highest BCUT2D eigenvalue weighted by atomic mass is 16.5. The van der Waals surface area contributed by atoms with Crippen LogP contribution in [0, 0.1) is 0 Å². The molecule has 1 atom stereocenters. The molecule has 112 valence electrons. The van der Waals surface area contributed by atoms with Crippen molar-refractivity contribution >= 4 is 0 Å². The van der Waals surface area contributed by atoms with Crippen LogP contribution in [0.25, 0.3) is 0 Å². The number of rotatable bonds is 8. The fourth-order valence-corrected chi connectivity index (χ4v) is 2.14. The van der Waals surface area contributed by atoms with Gasteiger partial charge in [-0.25, -0.2) is 0 Å². The summed E-state index contributed by atoms with van der Waals surface area (Å²) in [4.78, 5) is 0. The van der Waals surface area contributed by atoms with Gasteiger partial charge in [-0.2, -0.15) is 0 Å². The van der Waals surface area contributed by atoms with Gasteiger partial charge in [0.2, 0.25) is 0 Å². The summed E-state index contributed by atoms with van der Waals surface area (Å²) in [5.41, 5.74) is 2.35. The zero-order valence-corrected chi connectivity index (χ0v) is 12.7. The van der Waals surface area contributed by atoms with Crippen LogP contribution in [0.3, 0.4) is 0 Å². The Hall–Kier alpha value is -1.84. The highest BCUT2D eigenvalue weighted by molar-refractivity contribution is 5.31. The fourth-order valence-electron chi connectivity index (χ4n) is 2.14. The zero-order chi connectivity index (χ0) is 14.9. The van der Waals surface area contributed by atoms with Crippen molar-refractivity contribution in [2.45, 2.75) is 19.6 Å². The van der Waals surface area contributed by atoms with E-state index in [0.29, 0.717) is 13.2 Å². The molecule has 3 heteroatoms. The fraction of sp³-hybridized carbons (Fsp3) is 0.333. The van der Waals surface area contributed by atoms with Gasteiger partial charge >= 0.3 is 0 Å². The largest absolute Gasteiger partial charge is 0.489 e. The quantitative estimate of drug-likeness (QED) is 0.804. The Morgan fingerprint density at radius 1 is 1.05 bits per heavy atom. The topological polar surface area (TPSA) is 30.5 Å². The van der Waals surface area contributed by atoms with E-state index in [1.54, 1.807) is 0 Å². The molecule has 0 heterocycles. The van der Waals surface area contributed by atoms with Gasteiger partial charge in [0.25, 0.3) is 0 Å². The first kappa shape index (κ1) is 15.5. The lowest BCUT2D eigenvalue weighted by Crippen LogP contribution is -2.21. The highest BCUT2D eigenvalue weighted by Gasteiger charge is 2.09. The molecule has 0 aliphatic rings. The van der Waals surface area contributed by atoms with Crippen molar-refractivity contribution in [1.82, 2.24) is 5.32 Å². The number of nitrogens with one attached hydrogen (secondary N) is 1. The molecule has 0 aliphatic heterocycles. The van der Waals surface area contributed by atoms with Crippen molar-refractivity contribution in [2.75, 3.05) is 20.3 Å². The molecule has 21 heavy (non-hydrogen) atoms. The standard InChI is InChI=1S/C18H23NO2/c1-3-20-14-18(19-2)16-10-7-11-17(12-16)21-13-15-8-5-4-6-9-15/h4-12,18-19H,3,13-14H2,1-2H3. The van der Waals surface area contributed by atoms with Gasteiger partial charge in [0, 0.05) is 6.61 Å². The molecule has 0 spiro atoms. The molecule has 1 N–H and O–H groups in total. The molecular weight excluding hydrogens is 262 g/mol. The van der Waals surface area contributed by atoms with E-state index in [1.807, 2.05) is 44.3 Å². The number of ether oxygens (including phenoxy) is 2. The van der Waals surface area contributed by atoms with Crippen molar-refractivity contribution in [3.63, 3.8) is 0 Å². The minimum Gasteiger partial charge on any atom is -0.489 e. The van der Waals surface area contributed by atoms with Crippen LogP contribution in [-0.2, 0) is 11.3 Å². The van der Waals surface area contributed by atoms with Crippen molar-refractivity contribution in [3.8, 4) is 5.75 Å². The molecule has 0 aliphatic carbocycles. The monoisotopic (exact) mass is 285 g/mol. The lowest BCUT2D eigenvalue weighted by atomic mass is 10.1. The average molecular weight is 285 g/mol. The van der Waals surface area contributed by atoms with Crippen LogP contribution in [0.5, 0.6) is 5.75 Å². The number of hydrogen-bond acceptors (Lipinski definition) is 3. The second-order valence-corrected chi connectivity index (χ2v) is 4.85. The summed E-state index contributed by atoms with van der Waals surface area (Å²) >= 11 is 0. The Balaban J connectivity index is 1.99. The van der Waals surface area contributed by atoms with E-state index < -0.39 is 0 Å². The second-order valence-electron chi connectivity index (χ2n) is 4.85. The summed E-state index contributed by atoms with van der Waals surface area (Å²) in [6, 6.07) is 18.5. The summed E-state index contributed by atoms with van der Waals surface area (Å²) in [5.74, 6) is 0.883. The van der Waals surface area contributed by atoms with E-state index in [1.165, 1.54) is 11.1 Å². The second kappa shape index (κ2) is 8.45. The Labute approximate surface area is 126 Å². The highest BCUT2D eigenvalue weighted by Crippen LogP contribution is 2.20. The maximum absolute atomic E-state index is 5.86. The van der Waals surface area contributed by atoms with Gasteiger partial charge in [0.05, 0.1) is 12.6 Å². The van der Waals surface area contributed by atoms with Gasteiger partial charge in [0.1, 0.15) is 12.4 Å². The minimum atomic E-state index is 0.185. The number of hydrogen-bond donors (Lipinski definition) is 1. The molecule has 0 fully saturated rings. The number of likely N-dealkylation sites (N-methyl/N-ethyl adjacent to an activating group) is 1. The summed E-state index contributed by atoms with van der Waals surface area (Å²) in [6.07, 6.45) is 0. The van der Waals surface area contributed by atoms with Crippen LogP contribution >= 0.6 is 0 Å². The molecule has 2 rings (SSSR count). The van der Waals surface area contributed by atoms with Crippen LogP contribution in [0.15, 0.2) is 54.6 Å². The third kappa shape index (κ3) is 4.88. The van der Waals surface area contributed by atoms with E-state index in [2.05, 4.69) is 29.6 Å². The maximum Gasteiger partial charge on any atom is 0.120 e. The Morgan fingerprint density at radius 3 is 2.57 bits per heavy atom. The van der Waals surface area contributed by atoms with Crippen molar-refractivity contribution in [1.29, 1.82) is 0 Å². The first-order chi connectivity index (χ1) is 10.3. The van der Waals surface area contributed by atoms with Crippen molar-refractivity contribution in [2.24, 2.45) is 0 Å². The predicted molar refractivity (Wildman–Crippen MR) is 85.5 cm³/mol. The van der Waals surface area contributed by atoms with Gasteiger partial charge in [-0.15, -0.1) is 0 Å². The van der Waals surface area contributed by atoms with E-state index in [9.17, 15) is 0 Å². The van der Waals surface area contributed by atoms with Crippen LogP contribution in [0.4, 0.5) is 0 Å². The van der Waals surface area contributed by atoms with Crippen LogP contribution in [0.2, 0.25) is 0 Å². The van der Waals surface area contributed by atoms with E-state index in [0.717, 1.165) is 12.4 Å². The molecule has 2 aromatic carbocycles. The van der Waals surface area contributed by atoms with Gasteiger partial charge in [-0.3, -0.25) is 0 Å². The Kier molecular flexibility index (Phi) is 6.25. The van der Waals surface area contributed by atoms with Gasteiger partial charge in [-0.05, 0) is 37.2 Å².